The molecule has 3 heterocycles. The van der Waals surface area contributed by atoms with Crippen molar-refractivity contribution in [2.75, 3.05) is 22.7 Å². The maximum atomic E-state index is 12.3. The predicted molar refractivity (Wildman–Crippen MR) is 113 cm³/mol. The number of rotatable bonds is 5. The lowest BCUT2D eigenvalue weighted by molar-refractivity contribution is 0.0293. The van der Waals surface area contributed by atoms with Crippen molar-refractivity contribution in [3.05, 3.63) is 36.3 Å². The van der Waals surface area contributed by atoms with E-state index in [4.69, 9.17) is 4.74 Å². The van der Waals surface area contributed by atoms with Crippen LogP contribution in [0.25, 0.3) is 0 Å². The van der Waals surface area contributed by atoms with Crippen LogP contribution in [-0.2, 0) is 23.1 Å². The Morgan fingerprint density at radius 1 is 1.32 bits per heavy atom. The van der Waals surface area contributed by atoms with Crippen LogP contribution in [0.1, 0.15) is 37.7 Å². The molecule has 1 fully saturated rings. The van der Waals surface area contributed by atoms with E-state index < -0.39 is 29.0 Å². The zero-order valence-electron chi connectivity index (χ0n) is 17.8. The molecule has 1 saturated heterocycles. The number of nitrogens with one attached hydrogen (secondary N) is 1. The fourth-order valence-electron chi connectivity index (χ4n) is 3.21. The monoisotopic (exact) mass is 449 g/mol. The highest BCUT2D eigenvalue weighted by Gasteiger charge is 2.33. The molecule has 168 valence electrons. The number of amides is 2. The SMILES string of the molecule is Cn1nccc1C(=O)Nc1ccc(N(C2CCN(C(=O)OC(C)(C)C)C2)S(=O)[O-])cn1. The molecule has 2 aromatic rings. The Morgan fingerprint density at radius 2 is 2.06 bits per heavy atom. The second-order valence-electron chi connectivity index (χ2n) is 8.11. The first kappa shape index (κ1) is 22.7. The first-order valence-corrected chi connectivity index (χ1v) is 10.7. The van der Waals surface area contributed by atoms with E-state index in [1.54, 1.807) is 40.0 Å². The standard InChI is InChI=1S/C19H26N6O5S/c1-19(2,3)30-18(27)24-10-8-14(12-24)25(31(28)29)13-5-6-16(20-11-13)22-17(26)15-7-9-21-23(15)4/h5-7,9,11,14H,8,10,12H2,1-4H3,(H,28,29)(H,20,22,26)/p-1. The number of aromatic nitrogens is 3. The molecule has 31 heavy (non-hydrogen) atoms. The minimum absolute atomic E-state index is 0.210. The summed E-state index contributed by atoms with van der Waals surface area (Å²) in [6, 6.07) is 4.20. The first-order valence-electron chi connectivity index (χ1n) is 9.67. The smallest absolute Gasteiger partial charge is 0.410 e. The van der Waals surface area contributed by atoms with Gasteiger partial charge in [0, 0.05) is 37.6 Å². The third kappa shape index (κ3) is 5.58. The Kier molecular flexibility index (Phi) is 6.60. The summed E-state index contributed by atoms with van der Waals surface area (Å²) >= 11 is -2.57. The van der Waals surface area contributed by atoms with E-state index in [1.165, 1.54) is 32.3 Å². The lowest BCUT2D eigenvalue weighted by atomic mass is 10.2. The Hall–Kier alpha value is -2.99. The molecule has 2 unspecified atom stereocenters. The molecule has 1 N–H and O–H groups in total. The molecule has 0 aromatic carbocycles. The van der Waals surface area contributed by atoms with Gasteiger partial charge in [0.15, 0.2) is 0 Å². The topological polar surface area (TPSA) is 133 Å². The molecule has 12 heteroatoms. The quantitative estimate of drug-likeness (QED) is 0.687. The average Bonchev–Trinajstić information content (AvgIpc) is 3.31. The van der Waals surface area contributed by atoms with Gasteiger partial charge in [-0.1, -0.05) is 0 Å². The van der Waals surface area contributed by atoms with Gasteiger partial charge < -0.3 is 19.5 Å². The summed E-state index contributed by atoms with van der Waals surface area (Å²) in [6.07, 6.45) is 2.87. The highest BCUT2D eigenvalue weighted by molar-refractivity contribution is 7.80. The lowest BCUT2D eigenvalue weighted by Crippen LogP contribution is -2.41. The molecule has 1 aliphatic rings. The zero-order valence-corrected chi connectivity index (χ0v) is 18.6. The Morgan fingerprint density at radius 3 is 2.61 bits per heavy atom. The number of carbonyl (C=O) groups excluding carboxylic acids is 2. The fraction of sp³-hybridized carbons (Fsp3) is 0.474. The molecule has 2 aromatic heterocycles. The molecule has 0 spiro atoms. The molecule has 0 radical (unpaired) electrons. The Labute approximate surface area is 182 Å². The van der Waals surface area contributed by atoms with Crippen LogP contribution in [0, 0.1) is 0 Å². The van der Waals surface area contributed by atoms with Crippen LogP contribution >= 0.6 is 0 Å². The van der Waals surface area contributed by atoms with Crippen molar-refractivity contribution in [1.29, 1.82) is 0 Å². The summed E-state index contributed by atoms with van der Waals surface area (Å²) in [6.45, 7) is 5.93. The van der Waals surface area contributed by atoms with E-state index in [9.17, 15) is 18.4 Å². The van der Waals surface area contributed by atoms with Crippen molar-refractivity contribution in [2.24, 2.45) is 7.05 Å². The van der Waals surface area contributed by atoms with Crippen LogP contribution in [0.4, 0.5) is 16.3 Å². The van der Waals surface area contributed by atoms with Gasteiger partial charge in [-0.05, 0) is 45.4 Å². The lowest BCUT2D eigenvalue weighted by Gasteiger charge is -2.32. The van der Waals surface area contributed by atoms with E-state index in [2.05, 4.69) is 15.4 Å². The summed E-state index contributed by atoms with van der Waals surface area (Å²) in [4.78, 5) is 30.2. The molecule has 1 aliphatic heterocycles. The van der Waals surface area contributed by atoms with Gasteiger partial charge in [0.2, 0.25) is 0 Å². The normalized spacial score (nSPS) is 17.3. The van der Waals surface area contributed by atoms with Gasteiger partial charge in [-0.15, -0.1) is 0 Å². The minimum atomic E-state index is -2.57. The van der Waals surface area contributed by atoms with Crippen molar-refractivity contribution in [3.8, 4) is 0 Å². The van der Waals surface area contributed by atoms with E-state index in [-0.39, 0.29) is 18.3 Å². The Balaban J connectivity index is 1.68. The number of ether oxygens (including phenoxy) is 1. The van der Waals surface area contributed by atoms with Gasteiger partial charge in [-0.3, -0.25) is 18.0 Å². The maximum Gasteiger partial charge on any atom is 0.410 e. The number of pyridine rings is 1. The number of hydrogen-bond acceptors (Lipinski definition) is 7. The van der Waals surface area contributed by atoms with Gasteiger partial charge in [-0.25, -0.2) is 9.78 Å². The molecule has 3 rings (SSSR count). The average molecular weight is 450 g/mol. The van der Waals surface area contributed by atoms with Crippen molar-refractivity contribution >= 4 is 34.8 Å². The van der Waals surface area contributed by atoms with Gasteiger partial charge in [0.1, 0.15) is 17.1 Å². The molecule has 11 nitrogen and oxygen atoms in total. The van der Waals surface area contributed by atoms with Crippen molar-refractivity contribution in [1.82, 2.24) is 19.7 Å². The van der Waals surface area contributed by atoms with Crippen LogP contribution in [0.15, 0.2) is 30.6 Å². The summed E-state index contributed by atoms with van der Waals surface area (Å²) in [5.41, 5.74) is 0.0693. The van der Waals surface area contributed by atoms with Crippen molar-refractivity contribution in [2.45, 2.75) is 38.8 Å². The summed E-state index contributed by atoms with van der Waals surface area (Å²) in [7, 11) is 1.65. The van der Waals surface area contributed by atoms with Crippen LogP contribution in [0.2, 0.25) is 0 Å². The largest absolute Gasteiger partial charge is 0.755 e. The van der Waals surface area contributed by atoms with Crippen LogP contribution in [0.3, 0.4) is 0 Å². The van der Waals surface area contributed by atoms with E-state index >= 15 is 0 Å². The van der Waals surface area contributed by atoms with Crippen molar-refractivity contribution < 1.29 is 23.1 Å². The predicted octanol–water partition coefficient (Wildman–Crippen LogP) is 1.68. The molecule has 2 amide bonds. The second-order valence-corrected chi connectivity index (χ2v) is 8.94. The number of hydrogen-bond donors (Lipinski definition) is 1. The van der Waals surface area contributed by atoms with Gasteiger partial charge >= 0.3 is 6.09 Å². The van der Waals surface area contributed by atoms with Crippen molar-refractivity contribution in [3.63, 3.8) is 0 Å². The number of anilines is 2. The minimum Gasteiger partial charge on any atom is -0.755 e. The highest BCUT2D eigenvalue weighted by atomic mass is 32.2. The number of likely N-dealkylation sites (tertiary alicyclic amines) is 1. The summed E-state index contributed by atoms with van der Waals surface area (Å²) < 4.78 is 31.8. The molecule has 0 bridgehead atoms. The summed E-state index contributed by atoms with van der Waals surface area (Å²) in [5, 5.41) is 6.58. The van der Waals surface area contributed by atoms with Crippen LogP contribution < -0.4 is 9.62 Å². The number of nitrogens with zero attached hydrogens (tertiary/aromatic N) is 5. The first-order chi connectivity index (χ1) is 14.5. The van der Waals surface area contributed by atoms with E-state index in [0.29, 0.717) is 24.3 Å². The fourth-order valence-corrected chi connectivity index (χ4v) is 3.91. The number of aryl methyl sites for hydroxylation is 1. The summed E-state index contributed by atoms with van der Waals surface area (Å²) in [5.74, 6) is -0.110. The molecule has 2 atom stereocenters. The van der Waals surface area contributed by atoms with Gasteiger partial charge in [-0.2, -0.15) is 5.10 Å². The second kappa shape index (κ2) is 9.02. The van der Waals surface area contributed by atoms with E-state index in [0.717, 1.165) is 0 Å². The molecular weight excluding hydrogens is 424 g/mol. The van der Waals surface area contributed by atoms with Gasteiger partial charge in [0.25, 0.3) is 5.91 Å². The Bertz CT molecular complexity index is 971. The van der Waals surface area contributed by atoms with Gasteiger partial charge in [0.05, 0.1) is 17.9 Å². The van der Waals surface area contributed by atoms with E-state index in [1.807, 2.05) is 0 Å². The highest BCUT2D eigenvalue weighted by Crippen LogP contribution is 2.26. The van der Waals surface area contributed by atoms with Crippen LogP contribution in [-0.4, -0.2) is 65.2 Å². The molecule has 0 aliphatic carbocycles. The third-order valence-electron chi connectivity index (χ3n) is 4.60. The number of carbonyl (C=O) groups is 2. The third-order valence-corrected chi connectivity index (χ3v) is 5.43. The maximum absolute atomic E-state index is 12.3. The van der Waals surface area contributed by atoms with Crippen LogP contribution in [0.5, 0.6) is 0 Å². The molecule has 0 saturated carbocycles. The molecular formula is C19H25N6O5S-. The zero-order chi connectivity index (χ0) is 22.8.